The zero-order chi connectivity index (χ0) is 20.6. The normalized spacial score (nSPS) is 19.0. The Bertz CT molecular complexity index is 1040. The molecule has 0 aromatic heterocycles. The number of allylic oxidation sites excluding steroid dienone is 1. The molecule has 1 heterocycles. The number of nitrogens with one attached hydrogen (secondary N) is 1. The fourth-order valence-electron chi connectivity index (χ4n) is 2.71. The maximum absolute atomic E-state index is 12.8. The number of carbonyl (C=O) groups excluding carboxylic acids is 1. The average Bonchev–Trinajstić information content (AvgIpc) is 3.12. The lowest BCUT2D eigenvalue weighted by molar-refractivity contribution is -0.137. The third kappa shape index (κ3) is 3.70. The van der Waals surface area contributed by atoms with Crippen LogP contribution in [0.4, 0.5) is 13.2 Å². The fourth-order valence-corrected chi connectivity index (χ4v) is 3.72. The van der Waals surface area contributed by atoms with Crippen LogP contribution < -0.4 is 4.72 Å². The summed E-state index contributed by atoms with van der Waals surface area (Å²) >= 11 is 0. The number of alkyl halides is 3. The highest BCUT2D eigenvalue weighted by Gasteiger charge is 2.41. The molecule has 1 unspecified atom stereocenters. The van der Waals surface area contributed by atoms with E-state index in [2.05, 4.69) is 4.99 Å². The Balaban J connectivity index is 1.94. The minimum absolute atomic E-state index is 0.111. The lowest BCUT2D eigenvalue weighted by Crippen LogP contribution is -2.43. The van der Waals surface area contributed by atoms with Crippen molar-refractivity contribution in [3.63, 3.8) is 0 Å². The molecular weight excluding hydrogens is 393 g/mol. The molecule has 1 aliphatic rings. The standard InChI is InChI=1S/C19H15F3N2O3S/c1-13-3-9-16(10-4-13)28(26,27)24-17(25)18(11-2-12-23-18)14-5-7-15(8-6-14)19(20,21)22/h2-12H,1H3,(H,24,25). The maximum Gasteiger partial charge on any atom is 0.416 e. The summed E-state index contributed by atoms with van der Waals surface area (Å²) in [7, 11) is -4.18. The maximum atomic E-state index is 12.8. The number of hydrogen-bond donors (Lipinski definition) is 1. The second-order valence-electron chi connectivity index (χ2n) is 6.23. The number of aryl methyl sites for hydroxylation is 1. The number of sulfonamides is 1. The first-order valence-corrected chi connectivity index (χ1v) is 9.58. The fraction of sp³-hybridized carbons (Fsp3) is 0.158. The van der Waals surface area contributed by atoms with Gasteiger partial charge in [-0.3, -0.25) is 9.79 Å². The number of aliphatic imine (C=N–C) groups is 1. The van der Waals surface area contributed by atoms with Crippen LogP contribution in [0.25, 0.3) is 0 Å². The van der Waals surface area contributed by atoms with Crippen LogP contribution in [0.15, 0.2) is 70.6 Å². The van der Waals surface area contributed by atoms with E-state index in [0.29, 0.717) is 0 Å². The van der Waals surface area contributed by atoms with E-state index >= 15 is 0 Å². The monoisotopic (exact) mass is 408 g/mol. The SMILES string of the molecule is Cc1ccc(S(=O)(=O)NC(=O)C2(c3ccc(C(F)(F)F)cc3)C=CC=N2)cc1. The molecule has 0 fully saturated rings. The Morgan fingerprint density at radius 3 is 2.14 bits per heavy atom. The molecule has 0 saturated heterocycles. The van der Waals surface area contributed by atoms with Crippen LogP contribution in [0.5, 0.6) is 0 Å². The van der Waals surface area contributed by atoms with Crippen LogP contribution in [-0.2, 0) is 26.5 Å². The third-order valence-electron chi connectivity index (χ3n) is 4.26. The van der Waals surface area contributed by atoms with Crippen molar-refractivity contribution in [3.8, 4) is 0 Å². The Morgan fingerprint density at radius 1 is 1.04 bits per heavy atom. The van der Waals surface area contributed by atoms with Gasteiger partial charge in [0, 0.05) is 6.21 Å². The van der Waals surface area contributed by atoms with E-state index in [0.717, 1.165) is 29.8 Å². The summed E-state index contributed by atoms with van der Waals surface area (Å²) < 4.78 is 65.4. The second-order valence-corrected chi connectivity index (χ2v) is 7.91. The zero-order valence-corrected chi connectivity index (χ0v) is 15.4. The van der Waals surface area contributed by atoms with E-state index in [1.807, 2.05) is 4.72 Å². The highest BCUT2D eigenvalue weighted by molar-refractivity contribution is 7.90. The third-order valence-corrected chi connectivity index (χ3v) is 5.61. The Labute approximate surface area is 159 Å². The molecule has 5 nitrogen and oxygen atoms in total. The van der Waals surface area contributed by atoms with Gasteiger partial charge in [-0.25, -0.2) is 13.1 Å². The van der Waals surface area contributed by atoms with Gasteiger partial charge in [0.1, 0.15) is 0 Å². The number of rotatable bonds is 4. The van der Waals surface area contributed by atoms with Crippen LogP contribution in [0.1, 0.15) is 16.7 Å². The minimum Gasteiger partial charge on any atom is -0.270 e. The number of amides is 1. The van der Waals surface area contributed by atoms with Gasteiger partial charge < -0.3 is 0 Å². The summed E-state index contributed by atoms with van der Waals surface area (Å²) in [6, 6.07) is 9.71. The summed E-state index contributed by atoms with van der Waals surface area (Å²) in [6.07, 6.45) is -0.488. The largest absolute Gasteiger partial charge is 0.416 e. The molecule has 0 saturated carbocycles. The molecule has 3 rings (SSSR count). The molecule has 9 heteroatoms. The van der Waals surface area contributed by atoms with Crippen molar-refractivity contribution >= 4 is 22.1 Å². The Hall–Kier alpha value is -2.94. The average molecular weight is 408 g/mol. The number of halogens is 3. The number of nitrogens with zero attached hydrogens (tertiary/aromatic N) is 1. The predicted octanol–water partition coefficient (Wildman–Crippen LogP) is 3.35. The minimum atomic E-state index is -4.53. The number of carbonyl (C=O) groups is 1. The molecule has 0 spiro atoms. The van der Waals surface area contributed by atoms with Crippen LogP contribution in [-0.4, -0.2) is 20.5 Å². The van der Waals surface area contributed by atoms with Crippen molar-refractivity contribution in [2.45, 2.75) is 23.5 Å². The van der Waals surface area contributed by atoms with Crippen LogP contribution in [0, 0.1) is 6.92 Å². The number of hydrogen-bond acceptors (Lipinski definition) is 4. The van der Waals surface area contributed by atoms with Gasteiger partial charge >= 0.3 is 6.18 Å². The van der Waals surface area contributed by atoms with Gasteiger partial charge in [0.25, 0.3) is 15.9 Å². The number of benzene rings is 2. The van der Waals surface area contributed by atoms with E-state index in [9.17, 15) is 26.4 Å². The molecule has 0 radical (unpaired) electrons. The molecular formula is C19H15F3N2O3S. The van der Waals surface area contributed by atoms with Gasteiger partial charge in [0.2, 0.25) is 0 Å². The molecule has 1 amide bonds. The van der Waals surface area contributed by atoms with E-state index in [1.165, 1.54) is 30.5 Å². The molecule has 2 aromatic rings. The van der Waals surface area contributed by atoms with Crippen molar-refractivity contribution in [1.82, 2.24) is 4.72 Å². The zero-order valence-electron chi connectivity index (χ0n) is 14.6. The van der Waals surface area contributed by atoms with E-state index < -0.39 is 33.2 Å². The van der Waals surface area contributed by atoms with Crippen LogP contribution >= 0.6 is 0 Å². The summed E-state index contributed by atoms with van der Waals surface area (Å²) in [6.45, 7) is 1.78. The van der Waals surface area contributed by atoms with Crippen molar-refractivity contribution in [2.75, 3.05) is 0 Å². The van der Waals surface area contributed by atoms with E-state index in [1.54, 1.807) is 19.1 Å². The molecule has 1 atom stereocenters. The molecule has 1 N–H and O–H groups in total. The van der Waals surface area contributed by atoms with Gasteiger partial charge in [0.05, 0.1) is 10.5 Å². The molecule has 0 bridgehead atoms. The van der Waals surface area contributed by atoms with Gasteiger partial charge in [-0.2, -0.15) is 13.2 Å². The van der Waals surface area contributed by atoms with Crippen LogP contribution in [0.3, 0.4) is 0 Å². The summed E-state index contributed by atoms with van der Waals surface area (Å²) in [4.78, 5) is 16.7. The summed E-state index contributed by atoms with van der Waals surface area (Å²) in [5.41, 5.74) is -1.69. The molecule has 1 aliphatic heterocycles. The predicted molar refractivity (Wildman–Crippen MR) is 97.3 cm³/mol. The van der Waals surface area contributed by atoms with Crippen molar-refractivity contribution in [2.24, 2.45) is 4.99 Å². The molecule has 0 aliphatic carbocycles. The van der Waals surface area contributed by atoms with E-state index in [4.69, 9.17) is 0 Å². The lowest BCUT2D eigenvalue weighted by Gasteiger charge is -2.24. The highest BCUT2D eigenvalue weighted by atomic mass is 32.2. The van der Waals surface area contributed by atoms with Crippen molar-refractivity contribution < 1.29 is 26.4 Å². The smallest absolute Gasteiger partial charge is 0.270 e. The first kappa shape index (κ1) is 19.8. The first-order chi connectivity index (χ1) is 13.0. The Morgan fingerprint density at radius 2 is 1.64 bits per heavy atom. The van der Waals surface area contributed by atoms with Gasteiger partial charge in [-0.15, -0.1) is 0 Å². The van der Waals surface area contributed by atoms with Gasteiger partial charge in [-0.1, -0.05) is 29.8 Å². The van der Waals surface area contributed by atoms with Crippen molar-refractivity contribution in [3.05, 3.63) is 77.4 Å². The van der Waals surface area contributed by atoms with Gasteiger partial charge in [0.15, 0.2) is 5.54 Å². The molecule has 2 aromatic carbocycles. The van der Waals surface area contributed by atoms with Gasteiger partial charge in [-0.05, 0) is 48.9 Å². The Kier molecular flexibility index (Phi) is 4.88. The topological polar surface area (TPSA) is 75.6 Å². The molecule has 146 valence electrons. The first-order valence-electron chi connectivity index (χ1n) is 8.09. The van der Waals surface area contributed by atoms with E-state index in [-0.39, 0.29) is 10.5 Å². The highest BCUT2D eigenvalue weighted by Crippen LogP contribution is 2.34. The quantitative estimate of drug-likeness (QED) is 0.843. The van der Waals surface area contributed by atoms with Crippen LogP contribution in [0.2, 0.25) is 0 Å². The summed E-state index contributed by atoms with van der Waals surface area (Å²) in [5.74, 6) is -0.988. The second kappa shape index (κ2) is 6.90. The van der Waals surface area contributed by atoms with Crippen molar-refractivity contribution in [1.29, 1.82) is 0 Å². The lowest BCUT2D eigenvalue weighted by atomic mass is 9.90. The molecule has 28 heavy (non-hydrogen) atoms. The summed E-state index contributed by atoms with van der Waals surface area (Å²) in [5, 5.41) is 0.